The zero-order valence-corrected chi connectivity index (χ0v) is 17.6. The first-order valence-electron chi connectivity index (χ1n) is 8.00. The molecule has 1 aromatic carbocycles. The molecule has 15 heteroatoms. The number of nitrogens with one attached hydrogen (secondary N) is 2. The van der Waals surface area contributed by atoms with E-state index in [0.717, 1.165) is 17.7 Å². The summed E-state index contributed by atoms with van der Waals surface area (Å²) in [6, 6.07) is 2.68. The van der Waals surface area contributed by atoms with Gasteiger partial charge in [0.2, 0.25) is 10.0 Å². The molecule has 31 heavy (non-hydrogen) atoms. The van der Waals surface area contributed by atoms with E-state index in [-0.39, 0.29) is 0 Å². The Morgan fingerprint density at radius 1 is 1.23 bits per heavy atom. The number of nitriles is 1. The first kappa shape index (κ1) is 24.7. The van der Waals surface area contributed by atoms with Crippen molar-refractivity contribution < 1.29 is 39.6 Å². The van der Waals surface area contributed by atoms with Crippen molar-refractivity contribution in [2.75, 3.05) is 11.9 Å². The average Bonchev–Trinajstić information content (AvgIpc) is 2.86. The quantitative estimate of drug-likeness (QED) is 0.555. The molecule has 1 heterocycles. The molecule has 0 saturated heterocycles. The van der Waals surface area contributed by atoms with Gasteiger partial charge in [0, 0.05) is 13.6 Å². The number of anilines is 1. The number of alkyl halides is 3. The summed E-state index contributed by atoms with van der Waals surface area (Å²) in [4.78, 5) is 11.3. The third-order valence-corrected chi connectivity index (χ3v) is 6.55. The Balaban J connectivity index is 2.40. The van der Waals surface area contributed by atoms with Gasteiger partial charge in [-0.1, -0.05) is 0 Å². The highest BCUT2D eigenvalue weighted by Gasteiger charge is 2.34. The molecule has 2 rings (SSSR count). The summed E-state index contributed by atoms with van der Waals surface area (Å²) < 4.78 is 105. The summed E-state index contributed by atoms with van der Waals surface area (Å²) in [5.41, 5.74) is -2.62. The van der Waals surface area contributed by atoms with E-state index in [9.17, 15) is 39.6 Å². The van der Waals surface area contributed by atoms with E-state index in [4.69, 9.17) is 5.26 Å². The van der Waals surface area contributed by atoms with Crippen molar-refractivity contribution in [3.05, 3.63) is 45.4 Å². The van der Waals surface area contributed by atoms with Gasteiger partial charge in [-0.05, 0) is 28.1 Å². The van der Waals surface area contributed by atoms with Crippen LogP contribution in [0.5, 0.6) is 0 Å². The van der Waals surface area contributed by atoms with Gasteiger partial charge in [0.1, 0.15) is 27.7 Å². The highest BCUT2D eigenvalue weighted by atomic mass is 79.9. The van der Waals surface area contributed by atoms with E-state index in [1.165, 1.54) is 6.07 Å². The lowest BCUT2D eigenvalue weighted by Gasteiger charge is -2.09. The second kappa shape index (κ2) is 8.89. The summed E-state index contributed by atoms with van der Waals surface area (Å²) in [7, 11) is -3.76. The largest absolute Gasteiger partial charge is 0.390 e. The smallest absolute Gasteiger partial charge is 0.331 e. The Hall–Kier alpha value is -2.57. The van der Waals surface area contributed by atoms with Crippen molar-refractivity contribution in [1.82, 2.24) is 9.29 Å². The number of carbonyl (C=O) groups excluding carboxylic acids is 1. The van der Waals surface area contributed by atoms with E-state index in [1.807, 2.05) is 5.32 Å². The molecule has 0 radical (unpaired) electrons. The summed E-state index contributed by atoms with van der Waals surface area (Å²) >= 11 is 2.75. The molecule has 0 spiro atoms. The molecular formula is C16H11BrF6N4O3S. The molecular weight excluding hydrogens is 522 g/mol. The third-order valence-electron chi connectivity index (χ3n) is 3.86. The maximum absolute atomic E-state index is 14.8. The monoisotopic (exact) mass is 532 g/mol. The van der Waals surface area contributed by atoms with Crippen LogP contribution in [-0.4, -0.2) is 31.6 Å². The van der Waals surface area contributed by atoms with Crippen molar-refractivity contribution in [3.8, 4) is 6.07 Å². The first-order valence-corrected chi connectivity index (χ1v) is 10.3. The van der Waals surface area contributed by atoms with Crippen LogP contribution >= 0.6 is 15.9 Å². The van der Waals surface area contributed by atoms with Crippen LogP contribution in [0.3, 0.4) is 0 Å². The highest BCUT2D eigenvalue weighted by molar-refractivity contribution is 9.10. The van der Waals surface area contributed by atoms with Crippen LogP contribution in [-0.2, 0) is 17.1 Å². The molecule has 0 aliphatic heterocycles. The van der Waals surface area contributed by atoms with Gasteiger partial charge >= 0.3 is 6.18 Å². The predicted molar refractivity (Wildman–Crippen MR) is 98.0 cm³/mol. The number of aromatic nitrogens is 1. The fraction of sp³-hybridized carbons (Fsp3) is 0.250. The summed E-state index contributed by atoms with van der Waals surface area (Å²) in [6.45, 7) is -1.08. The van der Waals surface area contributed by atoms with Gasteiger partial charge in [0.05, 0.1) is 12.1 Å². The van der Waals surface area contributed by atoms with Gasteiger partial charge in [-0.3, -0.25) is 4.79 Å². The van der Waals surface area contributed by atoms with Crippen molar-refractivity contribution in [2.45, 2.75) is 17.5 Å². The Kier molecular flexibility index (Phi) is 7.08. The lowest BCUT2D eigenvalue weighted by Crippen LogP contribution is -2.28. The molecule has 0 aliphatic rings. The van der Waals surface area contributed by atoms with Crippen LogP contribution in [0.1, 0.15) is 22.5 Å². The highest BCUT2D eigenvalue weighted by Crippen LogP contribution is 2.31. The number of rotatable bonds is 6. The van der Waals surface area contributed by atoms with E-state index in [1.54, 1.807) is 4.72 Å². The topological polar surface area (TPSA) is 104 Å². The van der Waals surface area contributed by atoms with Gasteiger partial charge in [-0.25, -0.2) is 26.3 Å². The average molecular weight is 533 g/mol. The van der Waals surface area contributed by atoms with Crippen molar-refractivity contribution >= 4 is 37.5 Å². The van der Waals surface area contributed by atoms with Crippen LogP contribution in [0.25, 0.3) is 0 Å². The lowest BCUT2D eigenvalue weighted by molar-refractivity contribution is -0.132. The van der Waals surface area contributed by atoms with Crippen molar-refractivity contribution in [1.29, 1.82) is 5.26 Å². The third kappa shape index (κ3) is 5.20. The van der Waals surface area contributed by atoms with Crippen LogP contribution in [0, 0.1) is 28.8 Å². The van der Waals surface area contributed by atoms with E-state index in [2.05, 4.69) is 15.9 Å². The molecule has 0 atom stereocenters. The first-order chi connectivity index (χ1) is 14.2. The molecule has 0 fully saturated rings. The standard InChI is InChI=1S/C16H11BrF6N4O3S/c1-27-12(15(28)26-9-3-2-8(18)7(6-24)10(9)19)11(20)13(14(27)17)31(29,30)25-5-4-16(21,22)23/h2-3,25H,4-5H2,1H3,(H,26,28). The fourth-order valence-corrected chi connectivity index (χ4v) is 4.61. The second-order valence-electron chi connectivity index (χ2n) is 5.95. The second-order valence-corrected chi connectivity index (χ2v) is 8.41. The maximum Gasteiger partial charge on any atom is 0.390 e. The number of carbonyl (C=O) groups is 1. The van der Waals surface area contributed by atoms with E-state index in [0.29, 0.717) is 6.07 Å². The molecule has 1 amide bonds. The minimum Gasteiger partial charge on any atom is -0.331 e. The van der Waals surface area contributed by atoms with Gasteiger partial charge < -0.3 is 9.88 Å². The number of hydrogen-bond donors (Lipinski definition) is 2. The zero-order chi connectivity index (χ0) is 23.7. The summed E-state index contributed by atoms with van der Waals surface area (Å²) in [5, 5.41) is 10.6. The van der Waals surface area contributed by atoms with E-state index >= 15 is 0 Å². The van der Waals surface area contributed by atoms with Crippen LogP contribution < -0.4 is 10.0 Å². The number of halogens is 7. The zero-order valence-electron chi connectivity index (χ0n) is 15.2. The Bertz CT molecular complexity index is 1190. The molecule has 0 aliphatic carbocycles. The summed E-state index contributed by atoms with van der Waals surface area (Å²) in [5.74, 6) is -5.64. The SMILES string of the molecule is Cn1c(Br)c(S(=O)(=O)NCCC(F)(F)F)c(F)c1C(=O)Nc1ccc(F)c(C#N)c1F. The molecule has 168 valence electrons. The normalized spacial score (nSPS) is 12.0. The van der Waals surface area contributed by atoms with Crippen LogP contribution in [0.4, 0.5) is 32.0 Å². The molecule has 7 nitrogen and oxygen atoms in total. The van der Waals surface area contributed by atoms with Crippen LogP contribution in [0.2, 0.25) is 0 Å². The minimum absolute atomic E-state index is 0.507. The minimum atomic E-state index is -4.82. The van der Waals surface area contributed by atoms with Gasteiger partial charge in [-0.15, -0.1) is 0 Å². The molecule has 0 bridgehead atoms. The number of amides is 1. The Labute approximate surface area is 179 Å². The molecule has 0 saturated carbocycles. The van der Waals surface area contributed by atoms with Gasteiger partial charge in [0.15, 0.2) is 16.5 Å². The summed E-state index contributed by atoms with van der Waals surface area (Å²) in [6.07, 6.45) is -6.18. The van der Waals surface area contributed by atoms with Crippen LogP contribution in [0.15, 0.2) is 21.6 Å². The maximum atomic E-state index is 14.8. The van der Waals surface area contributed by atoms with Crippen molar-refractivity contribution in [2.24, 2.45) is 7.05 Å². The van der Waals surface area contributed by atoms with Crippen molar-refractivity contribution in [3.63, 3.8) is 0 Å². The number of sulfonamides is 1. The molecule has 1 aromatic heterocycles. The number of hydrogen-bond acceptors (Lipinski definition) is 4. The molecule has 2 aromatic rings. The number of benzene rings is 1. The predicted octanol–water partition coefficient (Wildman–Crippen LogP) is 3.56. The van der Waals surface area contributed by atoms with E-state index < -0.39 is 79.0 Å². The molecule has 0 unspecified atom stereocenters. The Morgan fingerprint density at radius 3 is 2.39 bits per heavy atom. The lowest BCUT2D eigenvalue weighted by atomic mass is 10.2. The number of nitrogens with zero attached hydrogens (tertiary/aromatic N) is 2. The Morgan fingerprint density at radius 2 is 1.84 bits per heavy atom. The van der Waals surface area contributed by atoms with Gasteiger partial charge in [0.25, 0.3) is 5.91 Å². The fourth-order valence-electron chi connectivity index (χ4n) is 2.41. The van der Waals surface area contributed by atoms with Gasteiger partial charge in [-0.2, -0.15) is 18.4 Å². The molecule has 2 N–H and O–H groups in total.